The Balaban J connectivity index is 1.55. The molecular weight excluding hydrogens is 406 g/mol. The number of aliphatic imine (C=N–C) groups is 1. The van der Waals surface area contributed by atoms with Crippen molar-refractivity contribution in [3.05, 3.63) is 0 Å². The van der Waals surface area contributed by atoms with Gasteiger partial charge in [-0.25, -0.2) is 9.37 Å². The number of hydrogen-bond donors (Lipinski definition) is 0. The first-order valence-electron chi connectivity index (χ1n) is 12.6. The summed E-state index contributed by atoms with van der Waals surface area (Å²) >= 11 is 0. The predicted molar refractivity (Wildman–Crippen MR) is 126 cm³/mol. The van der Waals surface area contributed by atoms with Gasteiger partial charge in [0.2, 0.25) is 0 Å². The molecule has 1 atom stereocenters. The number of rotatable bonds is 13. The lowest BCUT2D eigenvalue weighted by molar-refractivity contribution is -0.537. The lowest BCUT2D eigenvalue weighted by Crippen LogP contribution is -2.61. The lowest BCUT2D eigenvalue weighted by Gasteiger charge is -2.30. The summed E-state index contributed by atoms with van der Waals surface area (Å²) in [6, 6.07) is -0.784. The average Bonchev–Trinajstić information content (AvgIpc) is 3.16. The summed E-state index contributed by atoms with van der Waals surface area (Å²) < 4.78 is 7.62. The lowest BCUT2D eigenvalue weighted by atomic mass is 10.1. The molecular formula is C24H42N5O3+. The molecule has 0 aromatic heterocycles. The van der Waals surface area contributed by atoms with Crippen molar-refractivity contribution in [2.75, 3.05) is 53.5 Å². The molecule has 3 amide bonds. The van der Waals surface area contributed by atoms with Gasteiger partial charge in [-0.1, -0.05) is 58.3 Å². The average molecular weight is 449 g/mol. The second-order valence-electron chi connectivity index (χ2n) is 9.29. The Bertz CT molecular complexity index is 714. The zero-order valence-electron chi connectivity index (χ0n) is 20.4. The third-order valence-corrected chi connectivity index (χ3v) is 6.83. The number of unbranched alkanes of at least 4 members (excludes halogenated alkanes) is 9. The van der Waals surface area contributed by atoms with Gasteiger partial charge in [-0.2, -0.15) is 0 Å². The number of carbonyl (C=O) groups is 2. The number of amides is 3. The molecule has 3 aliphatic rings. The highest BCUT2D eigenvalue weighted by Crippen LogP contribution is 2.20. The third kappa shape index (κ3) is 6.16. The maximum Gasteiger partial charge on any atom is 0.333 e. The van der Waals surface area contributed by atoms with Crippen LogP contribution in [0, 0.1) is 0 Å². The molecule has 0 saturated carbocycles. The summed E-state index contributed by atoms with van der Waals surface area (Å²) in [7, 11) is 3.28. The summed E-state index contributed by atoms with van der Waals surface area (Å²) in [6.07, 6.45) is 12.8. The van der Waals surface area contributed by atoms with Gasteiger partial charge in [0.25, 0.3) is 17.8 Å². The van der Waals surface area contributed by atoms with Gasteiger partial charge in [0.1, 0.15) is 6.54 Å². The van der Waals surface area contributed by atoms with Crippen molar-refractivity contribution in [1.82, 2.24) is 14.7 Å². The number of ether oxygens (including phenoxy) is 1. The largest absolute Gasteiger partial charge is 0.379 e. The molecule has 32 heavy (non-hydrogen) atoms. The zero-order valence-corrected chi connectivity index (χ0v) is 20.4. The van der Waals surface area contributed by atoms with E-state index in [2.05, 4.69) is 16.4 Å². The van der Waals surface area contributed by atoms with E-state index in [0.717, 1.165) is 51.5 Å². The van der Waals surface area contributed by atoms with Gasteiger partial charge in [-0.15, -0.1) is 0 Å². The SMILES string of the molecule is CCCCCCCCCCCC[N+]1=C(CN2CCOCC2)N=C2C1C(=O)N(C)C(=O)N2C. The summed E-state index contributed by atoms with van der Waals surface area (Å²) in [4.78, 5) is 35.3. The topological polar surface area (TPSA) is 68.5 Å². The number of carbonyl (C=O) groups excluding carboxylic acids is 2. The van der Waals surface area contributed by atoms with Crippen molar-refractivity contribution < 1.29 is 18.9 Å². The van der Waals surface area contributed by atoms with Crippen LogP contribution in [0.4, 0.5) is 4.79 Å². The highest BCUT2D eigenvalue weighted by Gasteiger charge is 2.52. The molecule has 2 saturated heterocycles. The normalized spacial score (nSPS) is 22.1. The van der Waals surface area contributed by atoms with E-state index in [1.54, 1.807) is 14.1 Å². The molecule has 0 N–H and O–H groups in total. The van der Waals surface area contributed by atoms with E-state index in [-0.39, 0.29) is 11.9 Å². The van der Waals surface area contributed by atoms with Gasteiger partial charge in [-0.05, 0) is 17.8 Å². The Morgan fingerprint density at radius 1 is 0.906 bits per heavy atom. The van der Waals surface area contributed by atoms with Gasteiger partial charge in [-0.3, -0.25) is 19.5 Å². The molecule has 2 fully saturated rings. The van der Waals surface area contributed by atoms with Crippen LogP contribution in [-0.2, 0) is 9.53 Å². The number of likely N-dealkylation sites (N-methyl/N-ethyl adjacent to an activating group) is 2. The fraction of sp³-hybridized carbons (Fsp3) is 0.833. The van der Waals surface area contributed by atoms with Crippen molar-refractivity contribution in [3.8, 4) is 0 Å². The molecule has 0 radical (unpaired) electrons. The van der Waals surface area contributed by atoms with Crippen LogP contribution in [0.15, 0.2) is 4.99 Å². The Morgan fingerprint density at radius 3 is 2.12 bits per heavy atom. The highest BCUT2D eigenvalue weighted by atomic mass is 16.5. The second-order valence-corrected chi connectivity index (χ2v) is 9.29. The number of amidine groups is 2. The summed E-state index contributed by atoms with van der Waals surface area (Å²) in [5.74, 6) is 1.32. The maximum absolute atomic E-state index is 13.0. The van der Waals surface area contributed by atoms with E-state index >= 15 is 0 Å². The van der Waals surface area contributed by atoms with E-state index in [4.69, 9.17) is 9.73 Å². The van der Waals surface area contributed by atoms with Gasteiger partial charge in [0.05, 0.1) is 19.8 Å². The number of nitrogens with zero attached hydrogens (tertiary/aromatic N) is 5. The Hall–Kier alpha value is -1.80. The fourth-order valence-electron chi connectivity index (χ4n) is 4.76. The molecule has 180 valence electrons. The smallest absolute Gasteiger partial charge is 0.333 e. The van der Waals surface area contributed by atoms with Gasteiger partial charge < -0.3 is 4.74 Å². The molecule has 8 heteroatoms. The number of hydrogen-bond acceptors (Lipinski definition) is 5. The first-order valence-corrected chi connectivity index (χ1v) is 12.6. The molecule has 0 aromatic rings. The van der Waals surface area contributed by atoms with Crippen molar-refractivity contribution in [2.24, 2.45) is 4.99 Å². The van der Waals surface area contributed by atoms with Gasteiger partial charge in [0.15, 0.2) is 0 Å². The van der Waals surface area contributed by atoms with Crippen LogP contribution in [0.1, 0.15) is 71.1 Å². The van der Waals surface area contributed by atoms with Crippen LogP contribution in [0.5, 0.6) is 0 Å². The molecule has 0 aromatic carbocycles. The molecule has 3 aliphatic heterocycles. The number of morpholine rings is 1. The summed E-state index contributed by atoms with van der Waals surface area (Å²) in [6.45, 7) is 6.95. The minimum atomic E-state index is -0.475. The zero-order chi connectivity index (χ0) is 22.9. The fourth-order valence-corrected chi connectivity index (χ4v) is 4.76. The Morgan fingerprint density at radius 2 is 1.50 bits per heavy atom. The third-order valence-electron chi connectivity index (χ3n) is 6.83. The first-order chi connectivity index (χ1) is 15.5. The number of fused-ring (bicyclic) bond motifs is 1. The van der Waals surface area contributed by atoms with Crippen LogP contribution in [0.25, 0.3) is 0 Å². The van der Waals surface area contributed by atoms with Crippen LogP contribution >= 0.6 is 0 Å². The molecule has 0 bridgehead atoms. The minimum Gasteiger partial charge on any atom is -0.379 e. The molecule has 0 spiro atoms. The monoisotopic (exact) mass is 448 g/mol. The molecule has 3 rings (SSSR count). The summed E-state index contributed by atoms with van der Waals surface area (Å²) in [5.41, 5.74) is 0. The van der Waals surface area contributed by atoms with Crippen molar-refractivity contribution in [2.45, 2.75) is 77.2 Å². The van der Waals surface area contributed by atoms with Gasteiger partial charge in [0, 0.05) is 27.2 Å². The van der Waals surface area contributed by atoms with Crippen LogP contribution in [-0.4, -0.2) is 102 Å². The maximum atomic E-state index is 13.0. The van der Waals surface area contributed by atoms with Gasteiger partial charge >= 0.3 is 11.9 Å². The minimum absolute atomic E-state index is 0.170. The first kappa shape index (κ1) is 24.8. The molecule has 1 unspecified atom stereocenters. The van der Waals surface area contributed by atoms with E-state index in [1.165, 1.54) is 61.2 Å². The quantitative estimate of drug-likeness (QED) is 0.321. The van der Waals surface area contributed by atoms with Crippen molar-refractivity contribution in [1.29, 1.82) is 0 Å². The van der Waals surface area contributed by atoms with E-state index in [0.29, 0.717) is 12.4 Å². The summed E-state index contributed by atoms with van der Waals surface area (Å²) in [5, 5.41) is 0. The number of imide groups is 1. The van der Waals surface area contributed by atoms with Crippen LogP contribution < -0.4 is 0 Å². The van der Waals surface area contributed by atoms with Crippen LogP contribution in [0.3, 0.4) is 0 Å². The second kappa shape index (κ2) is 12.4. The van der Waals surface area contributed by atoms with E-state index < -0.39 is 6.04 Å². The van der Waals surface area contributed by atoms with E-state index in [1.807, 2.05) is 0 Å². The Kier molecular flexibility index (Phi) is 9.66. The highest BCUT2D eigenvalue weighted by molar-refractivity contribution is 6.23. The molecule has 3 heterocycles. The van der Waals surface area contributed by atoms with E-state index in [9.17, 15) is 9.59 Å². The standard InChI is InChI=1S/C24H42N5O3/c1-4-5-6-7-8-9-10-11-12-13-14-29-20(19-28-15-17-32-18-16-28)25-22-21(29)23(30)27(3)24(31)26(22)2/h21H,4-19H2,1-3H3/q+1. The van der Waals surface area contributed by atoms with Crippen LogP contribution in [0.2, 0.25) is 0 Å². The molecule has 0 aliphatic carbocycles. The number of urea groups is 1. The van der Waals surface area contributed by atoms with Crippen molar-refractivity contribution in [3.63, 3.8) is 0 Å². The predicted octanol–water partition coefficient (Wildman–Crippen LogP) is 2.96. The Labute approximate surface area is 193 Å². The molecule has 8 nitrogen and oxygen atoms in total. The van der Waals surface area contributed by atoms with Crippen molar-refractivity contribution >= 4 is 23.6 Å².